The number of nitrogens with zero attached hydrogens (tertiary/aromatic N) is 3. The molecule has 2 atom stereocenters. The summed E-state index contributed by atoms with van der Waals surface area (Å²) in [5, 5.41) is 10.2. The summed E-state index contributed by atoms with van der Waals surface area (Å²) in [6, 6.07) is 0. The molecule has 7 nitrogen and oxygen atoms in total. The Kier molecular flexibility index (Phi) is 3.86. The van der Waals surface area contributed by atoms with Gasteiger partial charge >= 0.3 is 0 Å². The number of guanidine groups is 1. The van der Waals surface area contributed by atoms with Gasteiger partial charge in [-0.15, -0.1) is 0 Å². The average molecular weight is 279 g/mol. The highest BCUT2D eigenvalue weighted by molar-refractivity contribution is 5.79. The van der Waals surface area contributed by atoms with E-state index in [4.69, 9.17) is 9.26 Å². The van der Waals surface area contributed by atoms with Gasteiger partial charge in [0.25, 0.3) is 5.89 Å². The number of rotatable bonds is 4. The van der Waals surface area contributed by atoms with Gasteiger partial charge < -0.3 is 19.9 Å². The fourth-order valence-corrected chi connectivity index (χ4v) is 2.41. The number of nitrogens with one attached hydrogen (secondary N) is 2. The molecule has 0 unspecified atom stereocenters. The maximum Gasteiger partial charge on any atom is 0.255 e. The van der Waals surface area contributed by atoms with E-state index in [2.05, 4.69) is 25.8 Å². The molecular weight excluding hydrogens is 258 g/mol. The van der Waals surface area contributed by atoms with Crippen LogP contribution in [0.4, 0.5) is 0 Å². The standard InChI is InChI=1S/C13H21N5O2/c1-14-13(15-2)16-7-9-5-6-10(19-9)12-17-11(18-20-12)8-3-4-8/h8-10H,3-7H2,1-2H3,(H2,14,15,16)/t9-,10+/m1/s1. The van der Waals surface area contributed by atoms with Gasteiger partial charge in [-0.3, -0.25) is 4.99 Å². The van der Waals surface area contributed by atoms with Crippen molar-refractivity contribution in [2.75, 3.05) is 20.6 Å². The molecule has 0 radical (unpaired) electrons. The molecule has 0 amide bonds. The molecule has 0 aromatic carbocycles. The second kappa shape index (κ2) is 5.78. The largest absolute Gasteiger partial charge is 0.363 e. The van der Waals surface area contributed by atoms with E-state index >= 15 is 0 Å². The molecule has 1 aromatic heterocycles. The fraction of sp³-hybridized carbons (Fsp3) is 0.769. The number of aromatic nitrogens is 2. The number of hydrogen-bond donors (Lipinski definition) is 2. The topological polar surface area (TPSA) is 84.6 Å². The molecular formula is C13H21N5O2. The van der Waals surface area contributed by atoms with Crippen LogP contribution in [-0.4, -0.2) is 42.8 Å². The quantitative estimate of drug-likeness (QED) is 0.631. The van der Waals surface area contributed by atoms with Gasteiger partial charge in [0.1, 0.15) is 6.10 Å². The maximum atomic E-state index is 5.96. The second-order valence-corrected chi connectivity index (χ2v) is 5.29. The van der Waals surface area contributed by atoms with Gasteiger partial charge in [0.2, 0.25) is 0 Å². The van der Waals surface area contributed by atoms with Gasteiger partial charge in [-0.2, -0.15) is 4.98 Å². The van der Waals surface area contributed by atoms with E-state index in [-0.39, 0.29) is 12.2 Å². The first-order valence-electron chi connectivity index (χ1n) is 7.17. The molecule has 1 aromatic rings. The van der Waals surface area contributed by atoms with Crippen LogP contribution in [0.15, 0.2) is 9.52 Å². The Bertz CT molecular complexity index is 483. The van der Waals surface area contributed by atoms with Crippen LogP contribution in [0.1, 0.15) is 49.4 Å². The minimum Gasteiger partial charge on any atom is -0.363 e. The molecule has 7 heteroatoms. The summed E-state index contributed by atoms with van der Waals surface area (Å²) in [7, 11) is 3.58. The van der Waals surface area contributed by atoms with Crippen LogP contribution in [0, 0.1) is 0 Å². The first kappa shape index (κ1) is 13.4. The molecule has 2 heterocycles. The molecule has 110 valence electrons. The summed E-state index contributed by atoms with van der Waals surface area (Å²) in [4.78, 5) is 8.53. The lowest BCUT2D eigenvalue weighted by molar-refractivity contribution is 0.0285. The molecule has 1 aliphatic heterocycles. The summed E-state index contributed by atoms with van der Waals surface area (Å²) in [6.45, 7) is 0.730. The zero-order chi connectivity index (χ0) is 13.9. The lowest BCUT2D eigenvalue weighted by Gasteiger charge is -2.14. The van der Waals surface area contributed by atoms with E-state index < -0.39 is 0 Å². The van der Waals surface area contributed by atoms with E-state index in [1.165, 1.54) is 12.8 Å². The third kappa shape index (κ3) is 2.92. The van der Waals surface area contributed by atoms with Crippen LogP contribution < -0.4 is 10.6 Å². The van der Waals surface area contributed by atoms with Crippen LogP contribution in [0.25, 0.3) is 0 Å². The number of ether oxygens (including phenoxy) is 1. The van der Waals surface area contributed by atoms with Gasteiger partial charge in [0.15, 0.2) is 11.8 Å². The molecule has 0 bridgehead atoms. The van der Waals surface area contributed by atoms with Crippen LogP contribution in [-0.2, 0) is 4.74 Å². The highest BCUT2D eigenvalue weighted by Gasteiger charge is 2.34. The van der Waals surface area contributed by atoms with Crippen molar-refractivity contribution in [1.29, 1.82) is 0 Å². The van der Waals surface area contributed by atoms with Gasteiger partial charge in [-0.25, -0.2) is 0 Å². The first-order valence-corrected chi connectivity index (χ1v) is 7.17. The van der Waals surface area contributed by atoms with Crippen LogP contribution >= 0.6 is 0 Å². The summed E-state index contributed by atoms with van der Waals surface area (Å²) in [6.07, 6.45) is 4.37. The zero-order valence-corrected chi connectivity index (χ0v) is 11.9. The summed E-state index contributed by atoms with van der Waals surface area (Å²) in [5.74, 6) is 2.77. The van der Waals surface area contributed by atoms with Crippen molar-refractivity contribution >= 4 is 5.96 Å². The van der Waals surface area contributed by atoms with E-state index in [9.17, 15) is 0 Å². The van der Waals surface area contributed by atoms with Gasteiger partial charge in [0.05, 0.1) is 6.10 Å². The summed E-state index contributed by atoms with van der Waals surface area (Å²) >= 11 is 0. The lowest BCUT2D eigenvalue weighted by atomic mass is 10.2. The third-order valence-electron chi connectivity index (χ3n) is 3.74. The molecule has 2 N–H and O–H groups in total. The van der Waals surface area contributed by atoms with Crippen molar-refractivity contribution in [3.8, 4) is 0 Å². The summed E-state index contributed by atoms with van der Waals surface area (Å²) in [5.41, 5.74) is 0. The number of aliphatic imine (C=N–C) groups is 1. The van der Waals surface area contributed by atoms with Crippen LogP contribution in [0.5, 0.6) is 0 Å². The van der Waals surface area contributed by atoms with Crippen molar-refractivity contribution < 1.29 is 9.26 Å². The van der Waals surface area contributed by atoms with Crippen molar-refractivity contribution in [1.82, 2.24) is 20.8 Å². The van der Waals surface area contributed by atoms with Crippen molar-refractivity contribution in [3.63, 3.8) is 0 Å². The van der Waals surface area contributed by atoms with Gasteiger partial charge in [-0.05, 0) is 25.7 Å². The first-order chi connectivity index (χ1) is 9.80. The van der Waals surface area contributed by atoms with Gasteiger partial charge in [-0.1, -0.05) is 5.16 Å². The molecule has 2 fully saturated rings. The number of hydrogen-bond acceptors (Lipinski definition) is 5. The minimum absolute atomic E-state index is 0.0570. The molecule has 0 spiro atoms. The molecule has 1 aliphatic carbocycles. The average Bonchev–Trinajstić information content (AvgIpc) is 3.03. The Hall–Kier alpha value is -1.63. The van der Waals surface area contributed by atoms with E-state index in [1.807, 2.05) is 7.05 Å². The molecule has 3 rings (SSSR count). The molecule has 1 saturated heterocycles. The fourth-order valence-electron chi connectivity index (χ4n) is 2.41. The second-order valence-electron chi connectivity index (χ2n) is 5.29. The van der Waals surface area contributed by atoms with Crippen LogP contribution in [0.2, 0.25) is 0 Å². The highest BCUT2D eigenvalue weighted by atomic mass is 16.5. The Morgan fingerprint density at radius 3 is 2.90 bits per heavy atom. The predicted molar refractivity (Wildman–Crippen MR) is 73.5 cm³/mol. The van der Waals surface area contributed by atoms with Crippen LogP contribution in [0.3, 0.4) is 0 Å². The van der Waals surface area contributed by atoms with Crippen molar-refractivity contribution in [2.24, 2.45) is 4.99 Å². The Balaban J connectivity index is 1.50. The molecule has 1 saturated carbocycles. The Labute approximate surface area is 118 Å². The SMILES string of the molecule is CN=C(NC)NC[C@H]1CC[C@@H](c2nc(C3CC3)no2)O1. The lowest BCUT2D eigenvalue weighted by Crippen LogP contribution is -2.39. The Morgan fingerprint density at radius 1 is 1.35 bits per heavy atom. The normalized spacial score (nSPS) is 26.8. The maximum absolute atomic E-state index is 5.96. The predicted octanol–water partition coefficient (Wildman–Crippen LogP) is 0.962. The highest BCUT2D eigenvalue weighted by Crippen LogP contribution is 2.39. The zero-order valence-electron chi connectivity index (χ0n) is 11.9. The van der Waals surface area contributed by atoms with E-state index in [1.54, 1.807) is 7.05 Å². The monoisotopic (exact) mass is 279 g/mol. The smallest absolute Gasteiger partial charge is 0.255 e. The minimum atomic E-state index is -0.0570. The van der Waals surface area contributed by atoms with Crippen molar-refractivity contribution in [2.45, 2.75) is 43.8 Å². The Morgan fingerprint density at radius 2 is 2.20 bits per heavy atom. The molecule has 20 heavy (non-hydrogen) atoms. The molecule has 2 aliphatic rings. The van der Waals surface area contributed by atoms with Crippen molar-refractivity contribution in [3.05, 3.63) is 11.7 Å². The third-order valence-corrected chi connectivity index (χ3v) is 3.74. The summed E-state index contributed by atoms with van der Waals surface area (Å²) < 4.78 is 11.3. The van der Waals surface area contributed by atoms with Gasteiger partial charge in [0, 0.05) is 26.6 Å². The van der Waals surface area contributed by atoms with E-state index in [0.717, 1.165) is 31.2 Å². The van der Waals surface area contributed by atoms with E-state index in [0.29, 0.717) is 11.8 Å².